The molecule has 2 fully saturated rings. The number of hydrogen-bond donors (Lipinski definition) is 1. The van der Waals surface area contributed by atoms with Gasteiger partial charge in [0.25, 0.3) is 5.91 Å². The molecule has 0 bridgehead atoms. The zero-order valence-electron chi connectivity index (χ0n) is 13.7. The van der Waals surface area contributed by atoms with Crippen molar-refractivity contribution in [2.24, 2.45) is 0 Å². The first-order chi connectivity index (χ1) is 11.1. The number of nitrogens with one attached hydrogen (secondary N) is 1. The lowest BCUT2D eigenvalue weighted by Gasteiger charge is -2.37. The average molecular weight is 317 g/mol. The quantitative estimate of drug-likeness (QED) is 0.894. The van der Waals surface area contributed by atoms with Crippen LogP contribution in [0.3, 0.4) is 0 Å². The summed E-state index contributed by atoms with van der Waals surface area (Å²) < 4.78 is 0. The maximum absolute atomic E-state index is 12.7. The molecule has 1 aromatic rings. The Balaban J connectivity index is 1.68. The van der Waals surface area contributed by atoms with Crippen molar-refractivity contribution >= 4 is 17.8 Å². The fourth-order valence-corrected chi connectivity index (χ4v) is 3.19. The summed E-state index contributed by atoms with van der Waals surface area (Å²) in [5, 5.41) is 2.83. The van der Waals surface area contributed by atoms with Crippen molar-refractivity contribution in [3.63, 3.8) is 0 Å². The zero-order chi connectivity index (χ0) is 16.4. The molecule has 124 valence electrons. The number of hydrogen-bond acceptors (Lipinski definition) is 4. The second-order valence-corrected chi connectivity index (χ2v) is 6.27. The van der Waals surface area contributed by atoms with Crippen molar-refractivity contribution in [3.05, 3.63) is 23.9 Å². The van der Waals surface area contributed by atoms with E-state index in [1.54, 1.807) is 6.20 Å². The zero-order valence-corrected chi connectivity index (χ0v) is 13.7. The number of anilines is 1. The second-order valence-electron chi connectivity index (χ2n) is 6.27. The summed E-state index contributed by atoms with van der Waals surface area (Å²) >= 11 is 0. The Morgan fingerprint density at radius 1 is 1.35 bits per heavy atom. The van der Waals surface area contributed by atoms with E-state index >= 15 is 0 Å². The predicted octanol–water partition coefficient (Wildman–Crippen LogP) is 0.777. The van der Waals surface area contributed by atoms with Crippen molar-refractivity contribution in [2.45, 2.75) is 18.9 Å². The molecule has 3 amide bonds. The largest absolute Gasteiger partial charge is 0.363 e. The van der Waals surface area contributed by atoms with Crippen LogP contribution < -0.4 is 10.2 Å². The first-order valence-corrected chi connectivity index (χ1v) is 8.03. The van der Waals surface area contributed by atoms with Gasteiger partial charge in [-0.2, -0.15) is 0 Å². The first-order valence-electron chi connectivity index (χ1n) is 8.03. The summed E-state index contributed by atoms with van der Waals surface area (Å²) in [6.45, 7) is 2.76. The van der Waals surface area contributed by atoms with Crippen LogP contribution in [0.4, 0.5) is 10.6 Å². The lowest BCUT2D eigenvalue weighted by Crippen LogP contribution is -2.50. The molecule has 7 heteroatoms. The normalized spacial score (nSPS) is 21.3. The number of amides is 3. The van der Waals surface area contributed by atoms with Gasteiger partial charge in [-0.15, -0.1) is 0 Å². The molecule has 0 radical (unpaired) electrons. The SMILES string of the molecule is CN(C)c1ccc(C(=O)N2CCCC(N3CCNC3=O)C2)cn1. The van der Waals surface area contributed by atoms with Crippen LogP contribution >= 0.6 is 0 Å². The number of nitrogens with zero attached hydrogens (tertiary/aromatic N) is 4. The summed E-state index contributed by atoms with van der Waals surface area (Å²) in [6, 6.07) is 3.77. The van der Waals surface area contributed by atoms with Gasteiger partial charge in [-0.25, -0.2) is 9.78 Å². The number of carbonyl (C=O) groups is 2. The molecule has 1 atom stereocenters. The smallest absolute Gasteiger partial charge is 0.317 e. The Labute approximate surface area is 136 Å². The van der Waals surface area contributed by atoms with Gasteiger partial charge in [0.05, 0.1) is 11.6 Å². The lowest BCUT2D eigenvalue weighted by atomic mass is 10.0. The molecule has 3 heterocycles. The van der Waals surface area contributed by atoms with Crippen LogP contribution in [0.25, 0.3) is 0 Å². The molecule has 2 aliphatic rings. The molecule has 7 nitrogen and oxygen atoms in total. The summed E-state index contributed by atoms with van der Waals surface area (Å²) in [6.07, 6.45) is 3.50. The molecule has 1 unspecified atom stereocenters. The molecule has 0 aromatic carbocycles. The highest BCUT2D eigenvalue weighted by Crippen LogP contribution is 2.20. The molecule has 1 aromatic heterocycles. The van der Waals surface area contributed by atoms with Crippen molar-refractivity contribution < 1.29 is 9.59 Å². The minimum atomic E-state index is -0.0127. The van der Waals surface area contributed by atoms with Gasteiger partial charge in [-0.05, 0) is 25.0 Å². The van der Waals surface area contributed by atoms with Crippen molar-refractivity contribution in [1.82, 2.24) is 20.1 Å². The third kappa shape index (κ3) is 3.23. The van der Waals surface area contributed by atoms with Gasteiger partial charge >= 0.3 is 6.03 Å². The highest BCUT2D eigenvalue weighted by molar-refractivity contribution is 5.94. The fraction of sp³-hybridized carbons (Fsp3) is 0.562. The molecule has 3 rings (SSSR count). The lowest BCUT2D eigenvalue weighted by molar-refractivity contribution is 0.0634. The molecule has 1 N–H and O–H groups in total. The number of piperidine rings is 1. The van der Waals surface area contributed by atoms with Gasteiger partial charge in [-0.3, -0.25) is 4.79 Å². The maximum Gasteiger partial charge on any atom is 0.317 e. The van der Waals surface area contributed by atoms with Crippen LogP contribution in [-0.2, 0) is 0 Å². The number of aromatic nitrogens is 1. The highest BCUT2D eigenvalue weighted by atomic mass is 16.2. The summed E-state index contributed by atoms with van der Waals surface area (Å²) in [7, 11) is 3.83. The number of likely N-dealkylation sites (tertiary alicyclic amines) is 1. The van der Waals surface area contributed by atoms with E-state index in [-0.39, 0.29) is 18.0 Å². The molecule has 0 saturated carbocycles. The van der Waals surface area contributed by atoms with E-state index in [1.807, 2.05) is 40.9 Å². The number of pyridine rings is 1. The van der Waals surface area contributed by atoms with E-state index in [2.05, 4.69) is 10.3 Å². The van der Waals surface area contributed by atoms with Crippen molar-refractivity contribution in [2.75, 3.05) is 45.2 Å². The molecule has 2 aliphatic heterocycles. The Hall–Kier alpha value is -2.31. The minimum Gasteiger partial charge on any atom is -0.363 e. The van der Waals surface area contributed by atoms with Crippen LogP contribution in [-0.4, -0.2) is 73.0 Å². The first kappa shape index (κ1) is 15.6. The molecule has 2 saturated heterocycles. The van der Waals surface area contributed by atoms with Gasteiger partial charge in [0, 0.05) is 46.5 Å². The fourth-order valence-electron chi connectivity index (χ4n) is 3.19. The summed E-state index contributed by atoms with van der Waals surface area (Å²) in [4.78, 5) is 34.4. The van der Waals surface area contributed by atoms with E-state index in [0.717, 1.165) is 31.7 Å². The van der Waals surface area contributed by atoms with E-state index in [9.17, 15) is 9.59 Å². The van der Waals surface area contributed by atoms with Crippen LogP contribution in [0.1, 0.15) is 23.2 Å². The van der Waals surface area contributed by atoms with Gasteiger partial charge < -0.3 is 20.0 Å². The van der Waals surface area contributed by atoms with Gasteiger partial charge in [0.2, 0.25) is 0 Å². The minimum absolute atomic E-state index is 0.00730. The van der Waals surface area contributed by atoms with Crippen molar-refractivity contribution in [1.29, 1.82) is 0 Å². The maximum atomic E-state index is 12.7. The molecular formula is C16H23N5O2. The van der Waals surface area contributed by atoms with Crippen LogP contribution in [0.2, 0.25) is 0 Å². The third-order valence-electron chi connectivity index (χ3n) is 4.47. The topological polar surface area (TPSA) is 68.8 Å². The molecular weight excluding hydrogens is 294 g/mol. The third-order valence-corrected chi connectivity index (χ3v) is 4.47. The number of urea groups is 1. The van der Waals surface area contributed by atoms with Crippen LogP contribution in [0, 0.1) is 0 Å². The van der Waals surface area contributed by atoms with Gasteiger partial charge in [0.1, 0.15) is 5.82 Å². The molecule has 0 spiro atoms. The van der Waals surface area contributed by atoms with Crippen LogP contribution in [0.15, 0.2) is 18.3 Å². The Morgan fingerprint density at radius 3 is 2.78 bits per heavy atom. The van der Waals surface area contributed by atoms with E-state index in [0.29, 0.717) is 18.7 Å². The Kier molecular flexibility index (Phi) is 4.36. The number of rotatable bonds is 3. The molecule has 23 heavy (non-hydrogen) atoms. The Bertz CT molecular complexity index is 587. The monoisotopic (exact) mass is 317 g/mol. The highest BCUT2D eigenvalue weighted by Gasteiger charge is 2.33. The van der Waals surface area contributed by atoms with E-state index in [1.165, 1.54) is 0 Å². The summed E-state index contributed by atoms with van der Waals surface area (Å²) in [5.74, 6) is 0.818. The Morgan fingerprint density at radius 2 is 2.17 bits per heavy atom. The summed E-state index contributed by atoms with van der Waals surface area (Å²) in [5.41, 5.74) is 0.599. The van der Waals surface area contributed by atoms with E-state index in [4.69, 9.17) is 0 Å². The van der Waals surface area contributed by atoms with Crippen LogP contribution in [0.5, 0.6) is 0 Å². The standard InChI is InChI=1S/C16H23N5O2/c1-19(2)14-6-5-12(10-18-14)15(22)20-8-3-4-13(11-20)21-9-7-17-16(21)23/h5-6,10,13H,3-4,7-9,11H2,1-2H3,(H,17,23). The predicted molar refractivity (Wildman–Crippen MR) is 87.6 cm³/mol. The number of carbonyl (C=O) groups excluding carboxylic acids is 2. The average Bonchev–Trinajstić information content (AvgIpc) is 3.00. The van der Waals surface area contributed by atoms with E-state index < -0.39 is 0 Å². The van der Waals surface area contributed by atoms with Gasteiger partial charge in [0.15, 0.2) is 0 Å². The second kappa shape index (κ2) is 6.44. The molecule has 0 aliphatic carbocycles. The van der Waals surface area contributed by atoms with Crippen molar-refractivity contribution in [3.8, 4) is 0 Å². The van der Waals surface area contributed by atoms with Gasteiger partial charge in [-0.1, -0.05) is 0 Å².